The van der Waals surface area contributed by atoms with Crippen LogP contribution in [0.1, 0.15) is 37.6 Å². The van der Waals surface area contributed by atoms with E-state index >= 15 is 0 Å². The third-order valence-corrected chi connectivity index (χ3v) is 6.36. The molecule has 10 heteroatoms. The highest BCUT2D eigenvalue weighted by Gasteiger charge is 2.44. The van der Waals surface area contributed by atoms with Crippen LogP contribution in [0.15, 0.2) is 64.3 Å². The topological polar surface area (TPSA) is 139 Å². The first kappa shape index (κ1) is 22.5. The molecule has 1 aliphatic rings. The number of nitrogens with zero attached hydrogens (tertiary/aromatic N) is 5. The highest BCUT2D eigenvalue weighted by atomic mass is 16.5. The zero-order chi connectivity index (χ0) is 24.4. The Hall–Kier alpha value is -4.34. The fourth-order valence-electron chi connectivity index (χ4n) is 4.34. The lowest BCUT2D eigenvalue weighted by Gasteiger charge is -2.39. The Morgan fingerprint density at radius 2 is 1.89 bits per heavy atom. The van der Waals surface area contributed by atoms with Gasteiger partial charge in [0.15, 0.2) is 5.82 Å². The van der Waals surface area contributed by atoms with Gasteiger partial charge < -0.3 is 19.6 Å². The summed E-state index contributed by atoms with van der Waals surface area (Å²) >= 11 is 0. The van der Waals surface area contributed by atoms with E-state index in [0.29, 0.717) is 5.82 Å². The summed E-state index contributed by atoms with van der Waals surface area (Å²) in [6.07, 6.45) is 7.69. The van der Waals surface area contributed by atoms with Gasteiger partial charge in [0.25, 0.3) is 11.4 Å². The molecule has 0 saturated heterocycles. The Morgan fingerprint density at radius 3 is 2.54 bits per heavy atom. The molecular weight excluding hydrogens is 448 g/mol. The molecule has 10 nitrogen and oxygen atoms in total. The first-order valence-electron chi connectivity index (χ1n) is 11.4. The number of ether oxygens (including phenoxy) is 1. The third kappa shape index (κ3) is 4.18. The van der Waals surface area contributed by atoms with Gasteiger partial charge in [0.05, 0.1) is 12.0 Å². The molecule has 178 valence electrons. The molecule has 3 heterocycles. The van der Waals surface area contributed by atoms with Crippen LogP contribution in [0.25, 0.3) is 22.6 Å². The molecule has 0 atom stereocenters. The Kier molecular flexibility index (Phi) is 5.86. The van der Waals surface area contributed by atoms with E-state index in [4.69, 9.17) is 15.0 Å². The number of hydrogen-bond donors (Lipinski definition) is 1. The van der Waals surface area contributed by atoms with E-state index in [1.165, 1.54) is 10.8 Å². The Balaban J connectivity index is 1.43. The van der Waals surface area contributed by atoms with Crippen LogP contribution in [-0.2, 0) is 21.5 Å². The number of anilines is 1. The number of pyridine rings is 1. The van der Waals surface area contributed by atoms with Crippen molar-refractivity contribution in [3.8, 4) is 22.6 Å². The molecule has 5 rings (SSSR count). The maximum absolute atomic E-state index is 12.9. The molecular formula is C25H24N6O4. The van der Waals surface area contributed by atoms with Crippen molar-refractivity contribution in [2.24, 2.45) is 0 Å². The van der Waals surface area contributed by atoms with Crippen molar-refractivity contribution in [1.82, 2.24) is 24.7 Å². The highest BCUT2D eigenvalue weighted by Crippen LogP contribution is 2.48. The van der Waals surface area contributed by atoms with Gasteiger partial charge in [-0.3, -0.25) is 9.59 Å². The molecule has 1 fully saturated rings. The average Bonchev–Trinajstić information content (AvgIpc) is 3.31. The maximum atomic E-state index is 12.9. The van der Waals surface area contributed by atoms with Gasteiger partial charge >= 0.3 is 5.97 Å². The third-order valence-electron chi connectivity index (χ3n) is 6.36. The maximum Gasteiger partial charge on any atom is 0.326 e. The summed E-state index contributed by atoms with van der Waals surface area (Å²) in [5, 5.41) is 4.25. The van der Waals surface area contributed by atoms with Crippen molar-refractivity contribution in [3.05, 3.63) is 76.7 Å². The number of hydrogen-bond acceptors (Lipinski definition) is 9. The number of carbonyl (C=O) groups excluding carboxylic acids is 1. The van der Waals surface area contributed by atoms with Crippen LogP contribution in [-0.4, -0.2) is 37.3 Å². The van der Waals surface area contributed by atoms with E-state index < -0.39 is 11.5 Å². The second-order valence-corrected chi connectivity index (χ2v) is 8.43. The monoisotopic (exact) mass is 472 g/mol. The largest absolute Gasteiger partial charge is 0.465 e. The van der Waals surface area contributed by atoms with Crippen LogP contribution in [0.2, 0.25) is 0 Å². The zero-order valence-electron chi connectivity index (χ0n) is 19.2. The fourth-order valence-corrected chi connectivity index (χ4v) is 4.34. The van der Waals surface area contributed by atoms with Crippen molar-refractivity contribution >= 4 is 11.9 Å². The van der Waals surface area contributed by atoms with Gasteiger partial charge in [-0.05, 0) is 43.0 Å². The quantitative estimate of drug-likeness (QED) is 0.402. The number of nitrogens with two attached hydrogens (primary N) is 1. The Labute approximate surface area is 200 Å². The highest BCUT2D eigenvalue weighted by molar-refractivity contribution is 5.69. The minimum atomic E-state index is -0.486. The van der Waals surface area contributed by atoms with Crippen molar-refractivity contribution in [2.75, 3.05) is 12.3 Å². The van der Waals surface area contributed by atoms with Crippen LogP contribution < -0.4 is 11.3 Å². The molecule has 1 saturated carbocycles. The van der Waals surface area contributed by atoms with Gasteiger partial charge in [-0.1, -0.05) is 35.8 Å². The van der Waals surface area contributed by atoms with Gasteiger partial charge in [-0.15, -0.1) is 0 Å². The second-order valence-electron chi connectivity index (χ2n) is 8.43. The molecule has 35 heavy (non-hydrogen) atoms. The second kappa shape index (κ2) is 9.13. The van der Waals surface area contributed by atoms with Crippen molar-refractivity contribution in [1.29, 1.82) is 0 Å². The van der Waals surface area contributed by atoms with E-state index in [-0.39, 0.29) is 36.0 Å². The summed E-state index contributed by atoms with van der Waals surface area (Å²) in [5.74, 6) is 0.422. The number of esters is 1. The Morgan fingerprint density at radius 1 is 1.14 bits per heavy atom. The summed E-state index contributed by atoms with van der Waals surface area (Å²) < 4.78 is 11.7. The van der Waals surface area contributed by atoms with Gasteiger partial charge in [-0.25, -0.2) is 9.97 Å². The predicted octanol–water partition coefficient (Wildman–Crippen LogP) is 2.97. The molecule has 0 unspecified atom stereocenters. The van der Waals surface area contributed by atoms with Crippen molar-refractivity contribution < 1.29 is 14.1 Å². The molecule has 1 aliphatic carbocycles. The SMILES string of the molecule is CCOC(=O)Cn1cccc(-c2nc(C3(c4ccc(-c5cnc(N)nc5)cc4)CCC3)no2)c1=O. The summed E-state index contributed by atoms with van der Waals surface area (Å²) in [7, 11) is 0. The standard InChI is InChI=1S/C25H24N6O4/c1-2-34-20(32)15-31-12-3-5-19(22(31)33)21-29-23(30-35-21)25(10-4-11-25)18-8-6-16(7-9-18)17-13-27-24(26)28-14-17/h3,5-9,12-14H,2,4,10-11,15H2,1H3,(H2,26,27,28). The lowest BCUT2D eigenvalue weighted by molar-refractivity contribution is -0.143. The summed E-state index contributed by atoms with van der Waals surface area (Å²) in [4.78, 5) is 37.5. The average molecular weight is 473 g/mol. The van der Waals surface area contributed by atoms with E-state index in [0.717, 1.165) is 36.0 Å². The molecule has 0 spiro atoms. The molecule has 4 aromatic rings. The number of nitrogen functional groups attached to an aromatic ring is 1. The predicted molar refractivity (Wildman–Crippen MR) is 127 cm³/mol. The molecule has 1 aromatic carbocycles. The van der Waals surface area contributed by atoms with Crippen LogP contribution in [0.3, 0.4) is 0 Å². The van der Waals surface area contributed by atoms with Crippen LogP contribution in [0.5, 0.6) is 0 Å². The van der Waals surface area contributed by atoms with E-state index in [1.54, 1.807) is 31.5 Å². The molecule has 2 N–H and O–H groups in total. The van der Waals surface area contributed by atoms with Crippen LogP contribution in [0, 0.1) is 0 Å². The smallest absolute Gasteiger partial charge is 0.326 e. The van der Waals surface area contributed by atoms with Gasteiger partial charge in [0.1, 0.15) is 12.1 Å². The minimum Gasteiger partial charge on any atom is -0.465 e. The first-order valence-corrected chi connectivity index (χ1v) is 11.4. The number of carbonyl (C=O) groups is 1. The van der Waals surface area contributed by atoms with E-state index in [1.807, 2.05) is 12.1 Å². The lowest BCUT2D eigenvalue weighted by Crippen LogP contribution is -2.36. The molecule has 0 aliphatic heterocycles. The van der Waals surface area contributed by atoms with E-state index in [9.17, 15) is 9.59 Å². The molecule has 3 aromatic heterocycles. The zero-order valence-corrected chi connectivity index (χ0v) is 19.2. The van der Waals surface area contributed by atoms with Crippen molar-refractivity contribution in [3.63, 3.8) is 0 Å². The Bertz CT molecular complexity index is 1410. The summed E-state index contributed by atoms with van der Waals surface area (Å²) in [6, 6.07) is 11.4. The van der Waals surface area contributed by atoms with Gasteiger partial charge in [-0.2, -0.15) is 4.98 Å². The normalized spacial score (nSPS) is 14.3. The van der Waals surface area contributed by atoms with Gasteiger partial charge in [0, 0.05) is 24.2 Å². The van der Waals surface area contributed by atoms with Gasteiger partial charge in [0.2, 0.25) is 5.95 Å². The molecule has 0 amide bonds. The van der Waals surface area contributed by atoms with E-state index in [2.05, 4.69) is 32.2 Å². The summed E-state index contributed by atoms with van der Waals surface area (Å²) in [5.41, 5.74) is 7.97. The molecule has 0 radical (unpaired) electrons. The van der Waals surface area contributed by atoms with Crippen LogP contribution in [0.4, 0.5) is 5.95 Å². The number of rotatable bonds is 7. The summed E-state index contributed by atoms with van der Waals surface area (Å²) in [6.45, 7) is 1.78. The van der Waals surface area contributed by atoms with Crippen LogP contribution >= 0.6 is 0 Å². The van der Waals surface area contributed by atoms with Crippen molar-refractivity contribution in [2.45, 2.75) is 38.1 Å². The number of aromatic nitrogens is 5. The molecule has 0 bridgehead atoms. The number of benzene rings is 1. The lowest BCUT2D eigenvalue weighted by atomic mass is 9.64. The fraction of sp³-hybridized carbons (Fsp3) is 0.280. The minimum absolute atomic E-state index is 0.130. The first-order chi connectivity index (χ1) is 17.0.